The summed E-state index contributed by atoms with van der Waals surface area (Å²) in [6.45, 7) is 6.05. The van der Waals surface area contributed by atoms with Gasteiger partial charge < -0.3 is 13.6 Å². The molecule has 0 aromatic rings. The summed E-state index contributed by atoms with van der Waals surface area (Å²) >= 11 is 1.77. The molecule has 1 heterocycles. The van der Waals surface area contributed by atoms with Crippen molar-refractivity contribution in [2.45, 2.75) is 49.1 Å². The van der Waals surface area contributed by atoms with Crippen LogP contribution in [0.15, 0.2) is 12.0 Å². The maximum Gasteiger partial charge on any atom is 0.371 e. The molecule has 0 N–H and O–H groups in total. The Morgan fingerprint density at radius 2 is 2.06 bits per heavy atom. The third-order valence-corrected chi connectivity index (χ3v) is 9.81. The fourth-order valence-electron chi connectivity index (χ4n) is 3.25. The molecular formula is C13H26O3SSi. The molecule has 1 saturated heterocycles. The molecule has 0 saturated carbocycles. The summed E-state index contributed by atoms with van der Waals surface area (Å²) in [7, 11) is 3.04. The normalized spacial score (nSPS) is 31.2. The van der Waals surface area contributed by atoms with Crippen molar-refractivity contribution in [2.75, 3.05) is 21.3 Å². The number of hydrogen-bond donors (Lipinski definition) is 0. The maximum absolute atomic E-state index is 6.03. The van der Waals surface area contributed by atoms with Crippen molar-refractivity contribution >= 4 is 20.3 Å². The summed E-state index contributed by atoms with van der Waals surface area (Å²) in [6.07, 6.45) is 4.35. The van der Waals surface area contributed by atoms with Crippen LogP contribution in [0.4, 0.5) is 0 Å². The van der Waals surface area contributed by atoms with Crippen LogP contribution in [0.5, 0.6) is 0 Å². The number of thioether (sulfide) groups is 1. The average Bonchev–Trinajstić information content (AvgIpc) is 2.41. The van der Waals surface area contributed by atoms with Crippen LogP contribution in [0.3, 0.4) is 0 Å². The highest BCUT2D eigenvalue weighted by molar-refractivity contribution is 8.02. The number of methoxy groups -OCH3 is 1. The highest BCUT2D eigenvalue weighted by atomic mass is 32.2. The monoisotopic (exact) mass is 290 g/mol. The number of rotatable bonds is 7. The van der Waals surface area contributed by atoms with Crippen molar-refractivity contribution in [3.05, 3.63) is 12.0 Å². The minimum Gasteiger partial charge on any atom is -0.396 e. The molecule has 1 fully saturated rings. The Morgan fingerprint density at radius 1 is 1.39 bits per heavy atom. The summed E-state index contributed by atoms with van der Waals surface area (Å²) in [5, 5.41) is 2.05. The molecule has 5 heteroatoms. The highest BCUT2D eigenvalue weighted by Crippen LogP contribution is 2.47. The van der Waals surface area contributed by atoms with Gasteiger partial charge in [0.1, 0.15) is 5.22 Å². The summed E-state index contributed by atoms with van der Waals surface area (Å²) in [5.74, 6) is 0. The lowest BCUT2D eigenvalue weighted by atomic mass is 10.1. The van der Waals surface area contributed by atoms with E-state index in [1.54, 1.807) is 33.1 Å². The lowest BCUT2D eigenvalue weighted by Crippen LogP contribution is -2.69. The molecule has 0 aliphatic carbocycles. The van der Waals surface area contributed by atoms with Crippen LogP contribution < -0.4 is 0 Å². The van der Waals surface area contributed by atoms with Crippen LogP contribution in [0.1, 0.15) is 32.6 Å². The topological polar surface area (TPSA) is 27.7 Å². The smallest absolute Gasteiger partial charge is 0.371 e. The molecule has 0 spiro atoms. The van der Waals surface area contributed by atoms with Gasteiger partial charge >= 0.3 is 8.56 Å². The quantitative estimate of drug-likeness (QED) is 0.671. The van der Waals surface area contributed by atoms with Crippen molar-refractivity contribution < 1.29 is 13.6 Å². The third-order valence-electron chi connectivity index (χ3n) is 4.04. The minimum absolute atomic E-state index is 0.262. The maximum atomic E-state index is 6.03. The zero-order valence-corrected chi connectivity index (χ0v) is 13.8. The summed E-state index contributed by atoms with van der Waals surface area (Å²) in [4.78, 5) is 0. The van der Waals surface area contributed by atoms with E-state index in [2.05, 4.69) is 13.5 Å². The molecule has 0 radical (unpaired) electrons. The second-order valence-corrected chi connectivity index (χ2v) is 9.53. The second-order valence-electron chi connectivity index (χ2n) is 4.69. The molecule has 1 aliphatic rings. The first-order valence-electron chi connectivity index (χ1n) is 6.58. The molecule has 2 unspecified atom stereocenters. The van der Waals surface area contributed by atoms with Crippen molar-refractivity contribution in [2.24, 2.45) is 0 Å². The van der Waals surface area contributed by atoms with Crippen molar-refractivity contribution in [1.29, 1.82) is 0 Å². The number of ether oxygens (including phenoxy) is 1. The van der Waals surface area contributed by atoms with Gasteiger partial charge in [-0.3, -0.25) is 0 Å². The van der Waals surface area contributed by atoms with Gasteiger partial charge in [0.2, 0.25) is 0 Å². The van der Waals surface area contributed by atoms with Gasteiger partial charge in [-0.15, -0.1) is 11.8 Å². The summed E-state index contributed by atoms with van der Waals surface area (Å²) < 4.78 is 17.8. The van der Waals surface area contributed by atoms with Gasteiger partial charge in [-0.2, -0.15) is 0 Å². The molecule has 1 rings (SSSR count). The van der Waals surface area contributed by atoms with E-state index in [9.17, 15) is 0 Å². The van der Waals surface area contributed by atoms with Crippen molar-refractivity contribution in [3.8, 4) is 0 Å². The Hall–Kier alpha value is 0.187. The van der Waals surface area contributed by atoms with Crippen molar-refractivity contribution in [1.82, 2.24) is 0 Å². The van der Waals surface area contributed by atoms with E-state index in [0.29, 0.717) is 5.25 Å². The molecule has 2 atom stereocenters. The van der Waals surface area contributed by atoms with E-state index in [1.807, 2.05) is 5.41 Å². The lowest BCUT2D eigenvalue weighted by Gasteiger charge is -2.51. The van der Waals surface area contributed by atoms with Gasteiger partial charge in [0.05, 0.1) is 0 Å². The minimum atomic E-state index is -2.32. The first-order chi connectivity index (χ1) is 8.66. The van der Waals surface area contributed by atoms with E-state index in [4.69, 9.17) is 13.6 Å². The van der Waals surface area contributed by atoms with Gasteiger partial charge in [0, 0.05) is 26.6 Å². The summed E-state index contributed by atoms with van der Waals surface area (Å²) in [6, 6.07) is 1.02. The molecule has 1 aliphatic heterocycles. The zero-order chi connectivity index (χ0) is 13.6. The predicted molar refractivity (Wildman–Crippen MR) is 80.0 cm³/mol. The van der Waals surface area contributed by atoms with Crippen LogP contribution in [0, 0.1) is 0 Å². The highest BCUT2D eigenvalue weighted by Gasteiger charge is 2.62. The molecule has 0 amide bonds. The summed E-state index contributed by atoms with van der Waals surface area (Å²) in [5.41, 5.74) is 0. The van der Waals surface area contributed by atoms with Crippen LogP contribution in [-0.4, -0.2) is 40.4 Å². The largest absolute Gasteiger partial charge is 0.396 e. The van der Waals surface area contributed by atoms with Crippen LogP contribution >= 0.6 is 11.8 Å². The SMILES string of the molecule is C=CSC1CCC[Si](OC)(OC)C1(CCC)OC. The van der Waals surface area contributed by atoms with Gasteiger partial charge in [-0.1, -0.05) is 26.3 Å². The third kappa shape index (κ3) is 2.56. The fourth-order valence-corrected chi connectivity index (χ4v) is 8.90. The molecule has 0 aromatic carbocycles. The van der Waals surface area contributed by atoms with E-state index in [1.165, 1.54) is 0 Å². The van der Waals surface area contributed by atoms with E-state index >= 15 is 0 Å². The second kappa shape index (κ2) is 7.10. The average molecular weight is 291 g/mol. The van der Waals surface area contributed by atoms with E-state index in [0.717, 1.165) is 31.7 Å². The molecule has 0 bridgehead atoms. The standard InChI is InChI=1S/C13H26O3SSi/c1-6-10-13(14-3)12(17-7-2)9-8-11-18(13,15-4)16-5/h7,12H,2,6,8-11H2,1,3-5H3. The van der Waals surface area contributed by atoms with Crippen molar-refractivity contribution in [3.63, 3.8) is 0 Å². The first-order valence-corrected chi connectivity index (χ1v) is 9.54. The first kappa shape index (κ1) is 16.2. The van der Waals surface area contributed by atoms with E-state index in [-0.39, 0.29) is 5.22 Å². The van der Waals surface area contributed by atoms with Crippen LogP contribution in [-0.2, 0) is 13.6 Å². The van der Waals surface area contributed by atoms with E-state index < -0.39 is 8.56 Å². The molecule has 18 heavy (non-hydrogen) atoms. The van der Waals surface area contributed by atoms with Gasteiger partial charge in [0.25, 0.3) is 0 Å². The fraction of sp³-hybridized carbons (Fsp3) is 0.846. The van der Waals surface area contributed by atoms with Crippen LogP contribution in [0.25, 0.3) is 0 Å². The molecule has 3 nitrogen and oxygen atoms in total. The Balaban J connectivity index is 3.17. The Bertz CT molecular complexity index is 271. The Labute approximate surface area is 117 Å². The van der Waals surface area contributed by atoms with Gasteiger partial charge in [-0.05, 0) is 24.3 Å². The Morgan fingerprint density at radius 3 is 2.50 bits per heavy atom. The van der Waals surface area contributed by atoms with Gasteiger partial charge in [0.15, 0.2) is 0 Å². The van der Waals surface area contributed by atoms with Gasteiger partial charge in [-0.25, -0.2) is 0 Å². The Kier molecular flexibility index (Phi) is 6.41. The zero-order valence-electron chi connectivity index (χ0n) is 12.0. The number of hydrogen-bond acceptors (Lipinski definition) is 4. The lowest BCUT2D eigenvalue weighted by molar-refractivity contribution is -0.01000. The molecular weight excluding hydrogens is 264 g/mol. The van der Waals surface area contributed by atoms with Crippen LogP contribution in [0.2, 0.25) is 6.04 Å². The predicted octanol–water partition coefficient (Wildman–Crippen LogP) is 3.49. The molecule has 0 aromatic heterocycles. The molecule has 106 valence electrons.